The third-order valence-corrected chi connectivity index (χ3v) is 4.70. The third kappa shape index (κ3) is 6.06. The highest BCUT2D eigenvalue weighted by molar-refractivity contribution is 9.10. The first-order chi connectivity index (χ1) is 13.6. The number of hydrogen-bond donors (Lipinski definition) is 1. The van der Waals surface area contributed by atoms with Crippen LogP contribution in [0.25, 0.3) is 0 Å². The molecule has 0 fully saturated rings. The minimum Gasteiger partial charge on any atom is -0.488 e. The molecule has 0 aromatic heterocycles. The van der Waals surface area contributed by atoms with E-state index in [0.717, 1.165) is 26.9 Å². The number of carbonyl (C=O) groups is 1. The van der Waals surface area contributed by atoms with Crippen molar-refractivity contribution >= 4 is 28.1 Å². The highest BCUT2D eigenvalue weighted by Gasteiger charge is 2.04. The number of aryl methyl sites for hydroxylation is 1. The summed E-state index contributed by atoms with van der Waals surface area (Å²) in [6.45, 7) is 2.52. The van der Waals surface area contributed by atoms with Crippen molar-refractivity contribution in [2.24, 2.45) is 5.10 Å². The van der Waals surface area contributed by atoms with E-state index in [-0.39, 0.29) is 5.91 Å². The fourth-order valence-corrected chi connectivity index (χ4v) is 3.07. The Morgan fingerprint density at radius 1 is 1.04 bits per heavy atom. The second kappa shape index (κ2) is 9.85. The lowest BCUT2D eigenvalue weighted by molar-refractivity contribution is -0.120. The molecule has 0 saturated heterocycles. The number of hydrazone groups is 1. The summed E-state index contributed by atoms with van der Waals surface area (Å²) in [4.78, 5) is 12.0. The molecule has 0 saturated carbocycles. The van der Waals surface area contributed by atoms with Crippen molar-refractivity contribution in [1.29, 1.82) is 0 Å². The average molecular weight is 437 g/mol. The predicted molar refractivity (Wildman–Crippen MR) is 116 cm³/mol. The maximum absolute atomic E-state index is 12.0. The van der Waals surface area contributed by atoms with Crippen LogP contribution in [0, 0.1) is 6.92 Å². The Morgan fingerprint density at radius 2 is 1.79 bits per heavy atom. The van der Waals surface area contributed by atoms with Gasteiger partial charge in [-0.1, -0.05) is 60.2 Å². The first kappa shape index (κ1) is 19.8. The average Bonchev–Trinajstić information content (AvgIpc) is 2.70. The second-order valence-electron chi connectivity index (χ2n) is 6.42. The summed E-state index contributed by atoms with van der Waals surface area (Å²) in [5.74, 6) is 0.603. The molecule has 0 atom stereocenters. The Labute approximate surface area is 173 Å². The van der Waals surface area contributed by atoms with E-state index >= 15 is 0 Å². The lowest BCUT2D eigenvalue weighted by Crippen LogP contribution is -2.19. The van der Waals surface area contributed by atoms with E-state index < -0.39 is 0 Å². The van der Waals surface area contributed by atoms with Gasteiger partial charge in [-0.25, -0.2) is 5.43 Å². The number of amides is 1. The summed E-state index contributed by atoms with van der Waals surface area (Å²) in [5.41, 5.74) is 6.65. The maximum atomic E-state index is 12.0. The van der Waals surface area contributed by atoms with Crippen LogP contribution in [-0.4, -0.2) is 12.1 Å². The Kier molecular flexibility index (Phi) is 6.98. The molecule has 0 aliphatic heterocycles. The van der Waals surface area contributed by atoms with Gasteiger partial charge in [0, 0.05) is 0 Å². The number of hydrogen-bond acceptors (Lipinski definition) is 3. The van der Waals surface area contributed by atoms with Gasteiger partial charge in [-0.2, -0.15) is 5.10 Å². The van der Waals surface area contributed by atoms with Crippen molar-refractivity contribution in [2.75, 3.05) is 0 Å². The zero-order valence-corrected chi connectivity index (χ0v) is 17.1. The first-order valence-electron chi connectivity index (χ1n) is 8.94. The molecule has 3 rings (SSSR count). The molecule has 0 aliphatic carbocycles. The maximum Gasteiger partial charge on any atom is 0.244 e. The molecule has 28 heavy (non-hydrogen) atoms. The fraction of sp³-hybridized carbons (Fsp3) is 0.130. The molecule has 0 unspecified atom stereocenters. The molecule has 0 radical (unpaired) electrons. The summed E-state index contributed by atoms with van der Waals surface area (Å²) in [6.07, 6.45) is 1.91. The van der Waals surface area contributed by atoms with Crippen LogP contribution < -0.4 is 10.2 Å². The van der Waals surface area contributed by atoms with Crippen molar-refractivity contribution in [3.63, 3.8) is 0 Å². The number of rotatable bonds is 7. The molecule has 5 heteroatoms. The summed E-state index contributed by atoms with van der Waals surface area (Å²) >= 11 is 3.52. The smallest absolute Gasteiger partial charge is 0.244 e. The van der Waals surface area contributed by atoms with Crippen LogP contribution in [-0.2, 0) is 17.8 Å². The third-order valence-electron chi connectivity index (χ3n) is 4.08. The summed E-state index contributed by atoms with van der Waals surface area (Å²) in [5, 5.41) is 4.03. The largest absolute Gasteiger partial charge is 0.488 e. The zero-order chi connectivity index (χ0) is 19.8. The van der Waals surface area contributed by atoms with E-state index in [1.807, 2.05) is 79.7 Å². The molecule has 0 heterocycles. The summed E-state index contributed by atoms with van der Waals surface area (Å²) < 4.78 is 6.67. The molecule has 1 N–H and O–H groups in total. The van der Waals surface area contributed by atoms with Crippen molar-refractivity contribution in [2.45, 2.75) is 20.0 Å². The van der Waals surface area contributed by atoms with Gasteiger partial charge in [0.05, 0.1) is 17.1 Å². The number of carbonyl (C=O) groups excluding carboxylic acids is 1. The lowest BCUT2D eigenvalue weighted by Gasteiger charge is -2.08. The van der Waals surface area contributed by atoms with Crippen molar-refractivity contribution in [3.05, 3.63) is 99.5 Å². The number of nitrogens with one attached hydrogen (secondary N) is 1. The first-order valence-corrected chi connectivity index (χ1v) is 9.73. The van der Waals surface area contributed by atoms with Crippen molar-refractivity contribution in [1.82, 2.24) is 5.43 Å². The van der Waals surface area contributed by atoms with Crippen LogP contribution in [0.3, 0.4) is 0 Å². The number of benzene rings is 3. The topological polar surface area (TPSA) is 50.7 Å². The molecular formula is C23H21BrN2O2. The second-order valence-corrected chi connectivity index (χ2v) is 7.27. The monoisotopic (exact) mass is 436 g/mol. The molecule has 0 spiro atoms. The van der Waals surface area contributed by atoms with E-state index in [9.17, 15) is 4.79 Å². The number of nitrogens with zero attached hydrogens (tertiary/aromatic N) is 1. The molecule has 3 aromatic rings. The predicted octanol–water partition coefficient (Wildman–Crippen LogP) is 5.03. The van der Waals surface area contributed by atoms with Crippen LogP contribution in [0.4, 0.5) is 0 Å². The Bertz CT molecular complexity index is 954. The molecule has 4 nitrogen and oxygen atoms in total. The van der Waals surface area contributed by atoms with Crippen LogP contribution in [0.5, 0.6) is 5.75 Å². The molecular weight excluding hydrogens is 416 g/mol. The number of ether oxygens (including phenoxy) is 1. The summed E-state index contributed by atoms with van der Waals surface area (Å²) in [6, 6.07) is 23.5. The molecule has 0 bridgehead atoms. The van der Waals surface area contributed by atoms with Gasteiger partial charge in [-0.3, -0.25) is 4.79 Å². The van der Waals surface area contributed by atoms with E-state index in [2.05, 4.69) is 26.5 Å². The zero-order valence-electron chi connectivity index (χ0n) is 15.6. The van der Waals surface area contributed by atoms with E-state index in [4.69, 9.17) is 4.74 Å². The van der Waals surface area contributed by atoms with E-state index in [1.165, 1.54) is 5.56 Å². The lowest BCUT2D eigenvalue weighted by atomic mass is 10.1. The van der Waals surface area contributed by atoms with E-state index in [0.29, 0.717) is 13.0 Å². The van der Waals surface area contributed by atoms with Crippen molar-refractivity contribution < 1.29 is 9.53 Å². The highest BCUT2D eigenvalue weighted by Crippen LogP contribution is 2.26. The minimum absolute atomic E-state index is 0.151. The normalized spacial score (nSPS) is 10.8. The standard InChI is InChI=1S/C23H21BrN2O2/c1-17-7-9-18(10-8-17)14-23(27)26-25-15-20-11-12-22(21(24)13-20)28-16-19-5-3-2-4-6-19/h2-13,15H,14,16H2,1H3,(H,26,27)/b25-15+. The van der Waals surface area contributed by atoms with Gasteiger partial charge in [0.25, 0.3) is 0 Å². The van der Waals surface area contributed by atoms with Crippen molar-refractivity contribution in [3.8, 4) is 5.75 Å². The Hall–Kier alpha value is -2.92. The Balaban J connectivity index is 1.51. The molecule has 3 aromatic carbocycles. The van der Waals surface area contributed by atoms with E-state index in [1.54, 1.807) is 6.21 Å². The van der Waals surface area contributed by atoms with Crippen LogP contribution in [0.2, 0.25) is 0 Å². The number of halogens is 1. The molecule has 1 amide bonds. The van der Waals surface area contributed by atoms with Crippen LogP contribution >= 0.6 is 15.9 Å². The van der Waals surface area contributed by atoms with Gasteiger partial charge in [-0.15, -0.1) is 0 Å². The molecule has 0 aliphatic rings. The van der Waals surface area contributed by atoms with Gasteiger partial charge >= 0.3 is 0 Å². The summed E-state index contributed by atoms with van der Waals surface area (Å²) in [7, 11) is 0. The van der Waals surface area contributed by atoms with Gasteiger partial charge in [0.15, 0.2) is 0 Å². The van der Waals surface area contributed by atoms with Gasteiger partial charge in [0.1, 0.15) is 12.4 Å². The van der Waals surface area contributed by atoms with Gasteiger partial charge in [0.2, 0.25) is 5.91 Å². The SMILES string of the molecule is Cc1ccc(CC(=O)N/N=C/c2ccc(OCc3ccccc3)c(Br)c2)cc1. The molecule has 142 valence electrons. The van der Waals surface area contributed by atoms with Gasteiger partial charge in [-0.05, 0) is 57.7 Å². The highest BCUT2D eigenvalue weighted by atomic mass is 79.9. The minimum atomic E-state index is -0.151. The Morgan fingerprint density at radius 3 is 2.50 bits per heavy atom. The van der Waals surface area contributed by atoms with Crippen LogP contribution in [0.15, 0.2) is 82.4 Å². The van der Waals surface area contributed by atoms with Gasteiger partial charge < -0.3 is 4.74 Å². The van der Waals surface area contributed by atoms with Crippen LogP contribution in [0.1, 0.15) is 22.3 Å². The fourth-order valence-electron chi connectivity index (χ4n) is 2.56. The quantitative estimate of drug-likeness (QED) is 0.417.